The quantitative estimate of drug-likeness (QED) is 0.769. The molecule has 1 N–H and O–H groups in total. The molecular weight excluding hydrogens is 384 g/mol. The smallest absolute Gasteiger partial charge is 0.495 e. The number of nitrogens with one attached hydrogen (secondary N) is 1. The minimum Gasteiger partial charge on any atom is -0.496 e. The monoisotopic (exact) mass is 411 g/mol. The third-order valence-electron chi connectivity index (χ3n) is 6.54. The highest BCUT2D eigenvalue weighted by atomic mass is 19.1. The van der Waals surface area contributed by atoms with E-state index in [0.717, 1.165) is 23.9 Å². The van der Waals surface area contributed by atoms with Crippen LogP contribution in [0, 0.1) is 5.82 Å². The number of methoxy groups -OCH3 is 1. The van der Waals surface area contributed by atoms with Gasteiger partial charge in [0.15, 0.2) is 0 Å². The van der Waals surface area contributed by atoms with E-state index in [1.54, 1.807) is 0 Å². The van der Waals surface area contributed by atoms with Gasteiger partial charge in [0.2, 0.25) is 0 Å². The molecule has 158 valence electrons. The van der Waals surface area contributed by atoms with Crippen LogP contribution in [0.5, 0.6) is 5.75 Å². The highest BCUT2D eigenvalue weighted by molar-refractivity contribution is 6.62. The summed E-state index contributed by atoms with van der Waals surface area (Å²) in [6, 6.07) is 7.96. The van der Waals surface area contributed by atoms with Crippen LogP contribution in [-0.4, -0.2) is 31.3 Å². The molecule has 2 aliphatic rings. The lowest BCUT2D eigenvalue weighted by Crippen LogP contribution is -2.41. The van der Waals surface area contributed by atoms with Crippen molar-refractivity contribution in [1.29, 1.82) is 0 Å². The standard InChI is InChI=1S/C23H27BFNO4/c1-22(2)23(3,4)30-24(29-22)19-10-6-14(16-8-9-17(16)19)13-26-21(27)18-12-15(25)7-11-20(18)28-5/h6-7,10-12H,8-9,13H2,1-5H3,(H,26,27). The minimum absolute atomic E-state index is 0.185. The molecule has 30 heavy (non-hydrogen) atoms. The average molecular weight is 411 g/mol. The van der Waals surface area contributed by atoms with E-state index in [2.05, 4.69) is 5.32 Å². The second-order valence-corrected chi connectivity index (χ2v) is 8.89. The topological polar surface area (TPSA) is 56.8 Å². The lowest BCUT2D eigenvalue weighted by Gasteiger charge is -2.32. The van der Waals surface area contributed by atoms with Crippen molar-refractivity contribution in [2.45, 2.75) is 58.3 Å². The zero-order chi connectivity index (χ0) is 21.7. The van der Waals surface area contributed by atoms with Gasteiger partial charge < -0.3 is 19.4 Å². The second kappa shape index (κ2) is 7.39. The van der Waals surface area contributed by atoms with Gasteiger partial charge in [-0.2, -0.15) is 0 Å². The number of halogens is 1. The van der Waals surface area contributed by atoms with Gasteiger partial charge in [0.05, 0.1) is 23.9 Å². The molecular formula is C23H27BFNO4. The lowest BCUT2D eigenvalue weighted by atomic mass is 9.68. The summed E-state index contributed by atoms with van der Waals surface area (Å²) in [6.07, 6.45) is 1.92. The number of carbonyl (C=O) groups is 1. The Labute approximate surface area is 177 Å². The third-order valence-corrected chi connectivity index (χ3v) is 6.54. The van der Waals surface area contributed by atoms with Crippen LogP contribution in [0.25, 0.3) is 0 Å². The zero-order valence-electron chi connectivity index (χ0n) is 18.1. The summed E-state index contributed by atoms with van der Waals surface area (Å²) in [5, 5.41) is 2.89. The van der Waals surface area contributed by atoms with Crippen molar-refractivity contribution in [2.24, 2.45) is 0 Å². The summed E-state index contributed by atoms with van der Waals surface area (Å²) in [5.74, 6) is -0.496. The Morgan fingerprint density at radius 3 is 2.37 bits per heavy atom. The van der Waals surface area contributed by atoms with Crippen LogP contribution in [-0.2, 0) is 28.7 Å². The highest BCUT2D eigenvalue weighted by Crippen LogP contribution is 2.38. The molecule has 0 bridgehead atoms. The van der Waals surface area contributed by atoms with Crippen molar-refractivity contribution in [3.05, 3.63) is 58.4 Å². The van der Waals surface area contributed by atoms with Gasteiger partial charge in [0, 0.05) is 6.54 Å². The second-order valence-electron chi connectivity index (χ2n) is 8.89. The molecule has 0 saturated carbocycles. The van der Waals surface area contributed by atoms with Gasteiger partial charge in [-0.3, -0.25) is 4.79 Å². The minimum atomic E-state index is -0.475. The van der Waals surface area contributed by atoms with Crippen LogP contribution in [0.1, 0.15) is 54.7 Å². The Balaban J connectivity index is 1.51. The molecule has 4 rings (SSSR count). The van der Waals surface area contributed by atoms with E-state index < -0.39 is 5.82 Å². The molecule has 1 fully saturated rings. The molecule has 1 heterocycles. The average Bonchev–Trinajstić information content (AvgIpc) is 2.87. The molecule has 0 unspecified atom stereocenters. The maximum absolute atomic E-state index is 13.6. The van der Waals surface area contributed by atoms with Crippen molar-refractivity contribution in [2.75, 3.05) is 7.11 Å². The summed E-state index contributed by atoms with van der Waals surface area (Å²) in [5.41, 5.74) is 4.01. The molecule has 0 atom stereocenters. The molecule has 7 heteroatoms. The molecule has 0 aromatic heterocycles. The Hall–Kier alpha value is -2.38. The lowest BCUT2D eigenvalue weighted by molar-refractivity contribution is 0.00578. The van der Waals surface area contributed by atoms with Crippen LogP contribution in [0.15, 0.2) is 30.3 Å². The molecule has 1 aliphatic heterocycles. The molecule has 1 aliphatic carbocycles. The summed E-state index contributed by atoms with van der Waals surface area (Å²) in [4.78, 5) is 12.6. The number of hydrogen-bond donors (Lipinski definition) is 1. The number of benzene rings is 2. The van der Waals surface area contributed by atoms with Gasteiger partial charge in [-0.1, -0.05) is 12.1 Å². The van der Waals surface area contributed by atoms with Gasteiger partial charge >= 0.3 is 7.12 Å². The molecule has 5 nitrogen and oxygen atoms in total. The van der Waals surface area contributed by atoms with E-state index in [0.29, 0.717) is 12.3 Å². The van der Waals surface area contributed by atoms with Crippen LogP contribution < -0.4 is 15.5 Å². The first kappa shape index (κ1) is 20.9. The molecule has 2 aromatic carbocycles. The zero-order valence-corrected chi connectivity index (χ0v) is 18.1. The Morgan fingerprint density at radius 2 is 1.77 bits per heavy atom. The van der Waals surface area contributed by atoms with Crippen molar-refractivity contribution in [1.82, 2.24) is 5.32 Å². The van der Waals surface area contributed by atoms with E-state index in [1.165, 1.54) is 36.4 Å². The largest absolute Gasteiger partial charge is 0.496 e. The summed E-state index contributed by atoms with van der Waals surface area (Å²) < 4.78 is 31.2. The maximum atomic E-state index is 13.6. The number of carbonyl (C=O) groups excluding carboxylic acids is 1. The predicted octanol–water partition coefficient (Wildman–Crippen LogP) is 3.16. The number of rotatable bonds is 5. The van der Waals surface area contributed by atoms with E-state index >= 15 is 0 Å². The Kier molecular flexibility index (Phi) is 5.15. The van der Waals surface area contributed by atoms with Crippen LogP contribution >= 0.6 is 0 Å². The SMILES string of the molecule is COc1ccc(F)cc1C(=O)NCc1ccc(B2OC(C)(C)C(C)(C)O2)c2c1CC2. The summed E-state index contributed by atoms with van der Waals surface area (Å²) in [7, 11) is 1.07. The van der Waals surface area contributed by atoms with Crippen molar-refractivity contribution < 1.29 is 23.2 Å². The summed E-state index contributed by atoms with van der Waals surface area (Å²) >= 11 is 0. The Bertz CT molecular complexity index is 989. The van der Waals surface area contributed by atoms with Gasteiger partial charge in [-0.05, 0) is 80.9 Å². The van der Waals surface area contributed by atoms with Crippen LogP contribution in [0.2, 0.25) is 0 Å². The first-order valence-electron chi connectivity index (χ1n) is 10.2. The molecule has 1 saturated heterocycles. The number of amides is 1. The molecule has 2 aromatic rings. The first-order valence-corrected chi connectivity index (χ1v) is 10.2. The number of fused-ring (bicyclic) bond motifs is 1. The van der Waals surface area contributed by atoms with Crippen LogP contribution in [0.3, 0.4) is 0 Å². The molecule has 1 amide bonds. The van der Waals surface area contributed by atoms with Gasteiger partial charge in [-0.15, -0.1) is 0 Å². The number of ether oxygens (including phenoxy) is 1. The third kappa shape index (κ3) is 3.50. The van der Waals surface area contributed by atoms with Crippen molar-refractivity contribution >= 4 is 18.5 Å². The van der Waals surface area contributed by atoms with E-state index in [-0.39, 0.29) is 29.8 Å². The van der Waals surface area contributed by atoms with Crippen molar-refractivity contribution in [3.63, 3.8) is 0 Å². The fraction of sp³-hybridized carbons (Fsp3) is 0.435. The Morgan fingerprint density at radius 1 is 1.10 bits per heavy atom. The first-order chi connectivity index (χ1) is 14.1. The number of hydrogen-bond acceptors (Lipinski definition) is 4. The van der Waals surface area contributed by atoms with Gasteiger partial charge in [0.25, 0.3) is 5.91 Å². The van der Waals surface area contributed by atoms with Gasteiger partial charge in [0.1, 0.15) is 11.6 Å². The van der Waals surface area contributed by atoms with Crippen molar-refractivity contribution in [3.8, 4) is 5.75 Å². The van der Waals surface area contributed by atoms with E-state index in [4.69, 9.17) is 14.0 Å². The fourth-order valence-corrected chi connectivity index (χ4v) is 3.92. The normalized spacial score (nSPS) is 18.5. The predicted molar refractivity (Wildman–Crippen MR) is 114 cm³/mol. The van der Waals surface area contributed by atoms with E-state index in [9.17, 15) is 9.18 Å². The molecule has 0 spiro atoms. The maximum Gasteiger partial charge on any atom is 0.495 e. The summed E-state index contributed by atoms with van der Waals surface area (Å²) in [6.45, 7) is 8.55. The highest BCUT2D eigenvalue weighted by Gasteiger charge is 2.52. The fourth-order valence-electron chi connectivity index (χ4n) is 3.92. The van der Waals surface area contributed by atoms with E-state index in [1.807, 2.05) is 39.8 Å². The molecule has 0 radical (unpaired) electrons. The van der Waals surface area contributed by atoms with Crippen LogP contribution in [0.4, 0.5) is 4.39 Å². The van der Waals surface area contributed by atoms with Gasteiger partial charge in [-0.25, -0.2) is 4.39 Å².